The van der Waals surface area contributed by atoms with Gasteiger partial charge >= 0.3 is 5.97 Å². The monoisotopic (exact) mass is 193 g/mol. The minimum Gasteiger partial charge on any atom is -0.482 e. The number of carbonyl (C=O) groups excluding carboxylic acids is 1. The van der Waals surface area contributed by atoms with Crippen LogP contribution >= 0.6 is 0 Å². The maximum Gasteiger partial charge on any atom is 0.344 e. The number of esters is 1. The van der Waals surface area contributed by atoms with E-state index in [0.29, 0.717) is 12.4 Å². The molecule has 0 saturated carbocycles. The van der Waals surface area contributed by atoms with E-state index in [1.54, 1.807) is 19.1 Å². The van der Waals surface area contributed by atoms with Gasteiger partial charge in [0.1, 0.15) is 5.75 Å². The first-order valence-electron chi connectivity index (χ1n) is 4.49. The van der Waals surface area contributed by atoms with Crippen LogP contribution in [-0.2, 0) is 9.53 Å². The number of carbonyl (C=O) groups is 1. The Hall–Kier alpha value is -1.51. The van der Waals surface area contributed by atoms with Crippen molar-refractivity contribution in [3.05, 3.63) is 29.8 Å². The van der Waals surface area contributed by atoms with E-state index in [1.165, 1.54) is 0 Å². The van der Waals surface area contributed by atoms with Crippen LogP contribution in [0.25, 0.3) is 0 Å². The van der Waals surface area contributed by atoms with Crippen LogP contribution in [0.5, 0.6) is 5.75 Å². The Morgan fingerprint density at radius 1 is 1.50 bits per heavy atom. The lowest BCUT2D eigenvalue weighted by atomic mass is 10.2. The molecule has 0 N–H and O–H groups in total. The van der Waals surface area contributed by atoms with Crippen molar-refractivity contribution in [3.8, 4) is 5.75 Å². The molecule has 3 heteroatoms. The number of aryl methyl sites for hydroxylation is 1. The predicted molar refractivity (Wildman–Crippen MR) is 52.1 cm³/mol. The van der Waals surface area contributed by atoms with Crippen LogP contribution in [0.15, 0.2) is 18.2 Å². The highest BCUT2D eigenvalue weighted by Crippen LogP contribution is 2.10. The molecule has 0 unspecified atom stereocenters. The molecule has 3 nitrogen and oxygen atoms in total. The molecule has 1 rings (SSSR count). The lowest BCUT2D eigenvalue weighted by Crippen LogP contribution is -2.14. The lowest BCUT2D eigenvalue weighted by Gasteiger charge is -2.05. The summed E-state index contributed by atoms with van der Waals surface area (Å²) in [6.45, 7) is 4.03. The molecule has 0 spiro atoms. The third-order valence-electron chi connectivity index (χ3n) is 1.60. The molecule has 0 saturated heterocycles. The summed E-state index contributed by atoms with van der Waals surface area (Å²) in [5, 5.41) is 0. The first-order valence-corrected chi connectivity index (χ1v) is 4.49. The Morgan fingerprint density at radius 2 is 2.29 bits per heavy atom. The van der Waals surface area contributed by atoms with E-state index in [0.717, 1.165) is 5.56 Å². The number of benzene rings is 1. The van der Waals surface area contributed by atoms with Crippen LogP contribution in [0, 0.1) is 13.0 Å². The van der Waals surface area contributed by atoms with Crippen molar-refractivity contribution in [2.24, 2.45) is 0 Å². The third-order valence-corrected chi connectivity index (χ3v) is 1.60. The average Bonchev–Trinajstić information content (AvgIpc) is 2.17. The van der Waals surface area contributed by atoms with Crippen molar-refractivity contribution in [1.82, 2.24) is 0 Å². The Morgan fingerprint density at radius 3 is 2.86 bits per heavy atom. The SMILES string of the molecule is CCOC(=O)COc1c[c]c(C)cc1. The van der Waals surface area contributed by atoms with Crippen LogP contribution in [0.2, 0.25) is 0 Å². The molecule has 0 fully saturated rings. The summed E-state index contributed by atoms with van der Waals surface area (Å²) in [5.41, 5.74) is 1.04. The largest absolute Gasteiger partial charge is 0.482 e. The topological polar surface area (TPSA) is 35.5 Å². The molecule has 0 amide bonds. The summed E-state index contributed by atoms with van der Waals surface area (Å²) in [5.74, 6) is 0.275. The third kappa shape index (κ3) is 3.47. The molecule has 0 bridgehead atoms. The molecule has 75 valence electrons. The van der Waals surface area contributed by atoms with Gasteiger partial charge in [-0.1, -0.05) is 6.07 Å². The van der Waals surface area contributed by atoms with Crippen molar-refractivity contribution >= 4 is 5.97 Å². The minimum absolute atomic E-state index is 0.0509. The van der Waals surface area contributed by atoms with Gasteiger partial charge in [-0.15, -0.1) is 0 Å². The van der Waals surface area contributed by atoms with E-state index in [2.05, 4.69) is 6.07 Å². The van der Waals surface area contributed by atoms with Gasteiger partial charge in [-0.25, -0.2) is 4.79 Å². The smallest absolute Gasteiger partial charge is 0.344 e. The molecule has 0 aliphatic heterocycles. The second-order valence-corrected chi connectivity index (χ2v) is 2.80. The molecule has 14 heavy (non-hydrogen) atoms. The quantitative estimate of drug-likeness (QED) is 0.683. The van der Waals surface area contributed by atoms with Crippen molar-refractivity contribution in [3.63, 3.8) is 0 Å². The molecule has 0 aliphatic carbocycles. The zero-order chi connectivity index (χ0) is 10.4. The highest BCUT2D eigenvalue weighted by molar-refractivity contribution is 5.71. The summed E-state index contributed by atoms with van der Waals surface area (Å²) in [4.78, 5) is 10.9. The highest BCUT2D eigenvalue weighted by Gasteiger charge is 2.02. The maximum atomic E-state index is 10.9. The van der Waals surface area contributed by atoms with E-state index in [4.69, 9.17) is 9.47 Å². The van der Waals surface area contributed by atoms with Crippen LogP contribution in [0.3, 0.4) is 0 Å². The van der Waals surface area contributed by atoms with Gasteiger partial charge < -0.3 is 9.47 Å². The first kappa shape index (κ1) is 10.6. The Balaban J connectivity index is 2.38. The van der Waals surface area contributed by atoms with Crippen molar-refractivity contribution in [2.75, 3.05) is 13.2 Å². The van der Waals surface area contributed by atoms with E-state index < -0.39 is 0 Å². The van der Waals surface area contributed by atoms with Gasteiger partial charge in [-0.3, -0.25) is 0 Å². The standard InChI is InChI=1S/C11H13O3/c1-3-13-11(12)8-14-10-6-4-9(2)5-7-10/h4,6-7H,3,8H2,1-2H3. The van der Waals surface area contributed by atoms with E-state index >= 15 is 0 Å². The normalized spacial score (nSPS) is 9.57. The fourth-order valence-corrected chi connectivity index (χ4v) is 0.923. The molecule has 0 heterocycles. The Labute approximate surface area is 83.6 Å². The fraction of sp³-hybridized carbons (Fsp3) is 0.364. The van der Waals surface area contributed by atoms with Crippen molar-refractivity contribution < 1.29 is 14.3 Å². The predicted octanol–water partition coefficient (Wildman–Crippen LogP) is 1.74. The minimum atomic E-state index is -0.354. The van der Waals surface area contributed by atoms with E-state index in [-0.39, 0.29) is 12.6 Å². The zero-order valence-electron chi connectivity index (χ0n) is 8.37. The van der Waals surface area contributed by atoms with Crippen LogP contribution < -0.4 is 4.74 Å². The number of hydrogen-bond donors (Lipinski definition) is 0. The Kier molecular flexibility index (Phi) is 3.98. The zero-order valence-corrected chi connectivity index (χ0v) is 8.37. The van der Waals surface area contributed by atoms with Gasteiger partial charge in [0.25, 0.3) is 0 Å². The van der Waals surface area contributed by atoms with Gasteiger partial charge in [-0.05, 0) is 37.6 Å². The van der Waals surface area contributed by atoms with Crippen LogP contribution in [0.1, 0.15) is 12.5 Å². The fourth-order valence-electron chi connectivity index (χ4n) is 0.923. The molecular formula is C11H13O3. The lowest BCUT2D eigenvalue weighted by molar-refractivity contribution is -0.145. The second kappa shape index (κ2) is 5.27. The number of rotatable bonds is 4. The Bertz CT molecular complexity index is 290. The molecule has 1 aromatic carbocycles. The summed E-state index contributed by atoms with van der Waals surface area (Å²) in [6, 6.07) is 8.35. The van der Waals surface area contributed by atoms with Gasteiger partial charge in [0.05, 0.1) is 6.61 Å². The average molecular weight is 193 g/mol. The summed E-state index contributed by atoms with van der Waals surface area (Å²) >= 11 is 0. The maximum absolute atomic E-state index is 10.9. The van der Waals surface area contributed by atoms with E-state index in [9.17, 15) is 4.79 Å². The van der Waals surface area contributed by atoms with Gasteiger partial charge in [0, 0.05) is 0 Å². The van der Waals surface area contributed by atoms with Crippen molar-refractivity contribution in [2.45, 2.75) is 13.8 Å². The number of hydrogen-bond acceptors (Lipinski definition) is 3. The molecule has 0 atom stereocenters. The van der Waals surface area contributed by atoms with Gasteiger partial charge in [0.2, 0.25) is 0 Å². The second-order valence-electron chi connectivity index (χ2n) is 2.80. The molecule has 0 aromatic heterocycles. The highest BCUT2D eigenvalue weighted by atomic mass is 16.6. The molecule has 1 aromatic rings. The summed E-state index contributed by atoms with van der Waals surface area (Å²) in [6.07, 6.45) is 0. The molecular weight excluding hydrogens is 180 g/mol. The van der Waals surface area contributed by atoms with Gasteiger partial charge in [0.15, 0.2) is 6.61 Å². The van der Waals surface area contributed by atoms with Crippen LogP contribution in [-0.4, -0.2) is 19.2 Å². The molecule has 1 radical (unpaired) electrons. The van der Waals surface area contributed by atoms with Crippen LogP contribution in [0.4, 0.5) is 0 Å². The summed E-state index contributed by atoms with van der Waals surface area (Å²) < 4.78 is 9.88. The molecule has 0 aliphatic rings. The van der Waals surface area contributed by atoms with Gasteiger partial charge in [-0.2, -0.15) is 0 Å². The summed E-state index contributed by atoms with van der Waals surface area (Å²) in [7, 11) is 0. The first-order chi connectivity index (χ1) is 6.72. The van der Waals surface area contributed by atoms with E-state index in [1.807, 2.05) is 13.0 Å². The van der Waals surface area contributed by atoms with Crippen molar-refractivity contribution in [1.29, 1.82) is 0 Å². The number of ether oxygens (including phenoxy) is 2.